The van der Waals surface area contributed by atoms with Crippen LogP contribution in [0.15, 0.2) is 78.9 Å². The minimum Gasteiger partial charge on any atom is -0.356 e. The number of carbonyl (C=O) groups excluding carboxylic acids is 3. The van der Waals surface area contributed by atoms with Crippen LogP contribution in [0.4, 0.5) is 0 Å². The van der Waals surface area contributed by atoms with E-state index in [-0.39, 0.29) is 29.7 Å². The van der Waals surface area contributed by atoms with Gasteiger partial charge in [0.25, 0.3) is 0 Å². The highest BCUT2D eigenvalue weighted by atomic mass is 16.2. The van der Waals surface area contributed by atoms with Gasteiger partial charge in [-0.1, -0.05) is 105 Å². The molecule has 6 heteroatoms. The van der Waals surface area contributed by atoms with Crippen molar-refractivity contribution in [1.82, 2.24) is 16.0 Å². The Morgan fingerprint density at radius 1 is 0.854 bits per heavy atom. The summed E-state index contributed by atoms with van der Waals surface area (Å²) < 4.78 is 0. The Balaban J connectivity index is 1.32. The molecule has 3 N–H and O–H groups in total. The highest BCUT2D eigenvalue weighted by Gasteiger charge is 2.31. The fraction of sp³-hybridized carbons (Fsp3) is 0.400. The molecule has 1 saturated carbocycles. The van der Waals surface area contributed by atoms with Crippen molar-refractivity contribution in [2.24, 2.45) is 11.8 Å². The van der Waals surface area contributed by atoms with Crippen molar-refractivity contribution in [3.63, 3.8) is 0 Å². The van der Waals surface area contributed by atoms with Gasteiger partial charge in [-0.3, -0.25) is 14.4 Å². The maximum absolute atomic E-state index is 13.8. The lowest BCUT2D eigenvalue weighted by atomic mass is 9.84. The molecule has 3 aromatic rings. The summed E-state index contributed by atoms with van der Waals surface area (Å²) in [5, 5.41) is 11.5. The summed E-state index contributed by atoms with van der Waals surface area (Å²) in [5.41, 5.74) is 2.05. The van der Waals surface area contributed by atoms with E-state index >= 15 is 0 Å². The lowest BCUT2D eigenvalue weighted by molar-refractivity contribution is -0.128. The Labute approximate surface area is 243 Å². The second-order valence-electron chi connectivity index (χ2n) is 11.6. The number of hydrogen-bond acceptors (Lipinski definition) is 3. The molecule has 0 spiro atoms. The molecule has 41 heavy (non-hydrogen) atoms. The first-order chi connectivity index (χ1) is 20.0. The van der Waals surface area contributed by atoms with Gasteiger partial charge >= 0.3 is 0 Å². The minimum atomic E-state index is -0.623. The van der Waals surface area contributed by atoms with Crippen LogP contribution in [0, 0.1) is 11.8 Å². The van der Waals surface area contributed by atoms with Crippen LogP contribution in [0.2, 0.25) is 0 Å². The van der Waals surface area contributed by atoms with Gasteiger partial charge in [-0.2, -0.15) is 0 Å². The van der Waals surface area contributed by atoms with E-state index < -0.39 is 6.04 Å². The third kappa shape index (κ3) is 8.29. The van der Waals surface area contributed by atoms with Crippen molar-refractivity contribution in [2.75, 3.05) is 6.54 Å². The molecule has 1 heterocycles. The summed E-state index contributed by atoms with van der Waals surface area (Å²) in [6.45, 7) is 0.675. The van der Waals surface area contributed by atoms with E-state index in [1.165, 1.54) is 30.7 Å². The number of rotatable bonds is 11. The second kappa shape index (κ2) is 14.1. The van der Waals surface area contributed by atoms with Gasteiger partial charge in [0.15, 0.2) is 0 Å². The van der Waals surface area contributed by atoms with Crippen molar-refractivity contribution in [3.05, 3.63) is 90.0 Å². The Kier molecular flexibility index (Phi) is 9.84. The van der Waals surface area contributed by atoms with Gasteiger partial charge in [0, 0.05) is 24.6 Å². The van der Waals surface area contributed by atoms with Crippen molar-refractivity contribution in [2.45, 2.75) is 69.9 Å². The summed E-state index contributed by atoms with van der Waals surface area (Å²) >= 11 is 0. The first-order valence-corrected chi connectivity index (χ1v) is 15.1. The molecule has 0 bridgehead atoms. The summed E-state index contributed by atoms with van der Waals surface area (Å²) in [6, 6.07) is 23.4. The van der Waals surface area contributed by atoms with Crippen LogP contribution in [0.3, 0.4) is 0 Å². The first kappa shape index (κ1) is 28.6. The normalized spacial score (nSPS) is 19.1. The van der Waals surface area contributed by atoms with Crippen LogP contribution in [0.1, 0.15) is 62.5 Å². The van der Waals surface area contributed by atoms with E-state index in [9.17, 15) is 14.4 Å². The van der Waals surface area contributed by atoms with Crippen LogP contribution in [0.25, 0.3) is 16.8 Å². The second-order valence-corrected chi connectivity index (χ2v) is 11.6. The molecular formula is C35H41N3O3. The Bertz CT molecular complexity index is 1360. The van der Waals surface area contributed by atoms with Crippen LogP contribution in [0.5, 0.6) is 0 Å². The number of carbonyl (C=O) groups is 3. The molecule has 0 radical (unpaired) electrons. The molecule has 214 valence electrons. The average Bonchev–Trinajstić information content (AvgIpc) is 3.40. The zero-order valence-electron chi connectivity index (χ0n) is 23.7. The number of hydrogen-bond donors (Lipinski definition) is 3. The third-order valence-corrected chi connectivity index (χ3v) is 8.53. The first-order valence-electron chi connectivity index (χ1n) is 15.1. The fourth-order valence-corrected chi connectivity index (χ4v) is 6.30. The highest BCUT2D eigenvalue weighted by molar-refractivity contribution is 5.95. The van der Waals surface area contributed by atoms with E-state index in [1.54, 1.807) is 6.08 Å². The Hall–Kier alpha value is -3.93. The number of amides is 3. The standard InChI is InChI=1S/C35H41N3O3/c39-33(18-16-25-9-3-1-4-10-25)38-32(23-26-11-5-2-6-12-26)35(41)37-31(24-30-19-20-36-34(30)40)22-27-15-17-28-13-7-8-14-29(28)21-27/h1,3-4,7-10,13-18,21,26,30-32H,2,5-6,11-12,19-20,22-24H2,(H,36,40)(H,37,41)(H,38,39)/t30-,31+,32-/m0/s1. The van der Waals surface area contributed by atoms with E-state index in [0.717, 1.165) is 35.8 Å². The van der Waals surface area contributed by atoms with Crippen LogP contribution in [-0.2, 0) is 20.8 Å². The fourth-order valence-electron chi connectivity index (χ4n) is 6.30. The van der Waals surface area contributed by atoms with E-state index in [1.807, 2.05) is 42.5 Å². The molecule has 3 amide bonds. The molecule has 0 aromatic heterocycles. The largest absolute Gasteiger partial charge is 0.356 e. The molecule has 6 nitrogen and oxygen atoms in total. The van der Waals surface area contributed by atoms with Gasteiger partial charge in [-0.05, 0) is 59.6 Å². The monoisotopic (exact) mass is 551 g/mol. The maximum atomic E-state index is 13.8. The zero-order chi connectivity index (χ0) is 28.4. The van der Waals surface area contributed by atoms with Crippen molar-refractivity contribution in [1.29, 1.82) is 0 Å². The molecule has 3 aromatic carbocycles. The molecule has 1 aliphatic heterocycles. The minimum absolute atomic E-state index is 0.0564. The van der Waals surface area contributed by atoms with Gasteiger partial charge in [0.2, 0.25) is 17.7 Å². The van der Waals surface area contributed by atoms with Crippen LogP contribution in [-0.4, -0.2) is 36.3 Å². The summed E-state index contributed by atoms with van der Waals surface area (Å²) in [7, 11) is 0. The topological polar surface area (TPSA) is 87.3 Å². The predicted octanol–water partition coefficient (Wildman–Crippen LogP) is 5.56. The zero-order valence-corrected chi connectivity index (χ0v) is 23.7. The molecule has 1 saturated heterocycles. The molecule has 2 fully saturated rings. The van der Waals surface area contributed by atoms with E-state index in [0.29, 0.717) is 31.7 Å². The van der Waals surface area contributed by atoms with Crippen molar-refractivity contribution < 1.29 is 14.4 Å². The maximum Gasteiger partial charge on any atom is 0.244 e. The average molecular weight is 552 g/mol. The van der Waals surface area contributed by atoms with Gasteiger partial charge in [0.05, 0.1) is 0 Å². The van der Waals surface area contributed by atoms with Crippen molar-refractivity contribution in [3.8, 4) is 0 Å². The molecule has 3 atom stereocenters. The summed E-state index contributed by atoms with van der Waals surface area (Å²) in [5.74, 6) is -0.0912. The van der Waals surface area contributed by atoms with E-state index in [2.05, 4.69) is 46.3 Å². The summed E-state index contributed by atoms with van der Waals surface area (Å²) in [6.07, 6.45) is 11.6. The predicted molar refractivity (Wildman–Crippen MR) is 164 cm³/mol. The summed E-state index contributed by atoms with van der Waals surface area (Å²) in [4.78, 5) is 39.3. The van der Waals surface area contributed by atoms with Gasteiger partial charge in [-0.15, -0.1) is 0 Å². The lowest BCUT2D eigenvalue weighted by Crippen LogP contribution is -2.51. The van der Waals surface area contributed by atoms with Gasteiger partial charge in [-0.25, -0.2) is 0 Å². The van der Waals surface area contributed by atoms with Gasteiger partial charge < -0.3 is 16.0 Å². The number of fused-ring (bicyclic) bond motifs is 1. The molecule has 2 aliphatic rings. The van der Waals surface area contributed by atoms with Crippen LogP contribution >= 0.6 is 0 Å². The third-order valence-electron chi connectivity index (χ3n) is 8.53. The molecule has 0 unspecified atom stereocenters. The Morgan fingerprint density at radius 2 is 1.61 bits per heavy atom. The van der Waals surface area contributed by atoms with Gasteiger partial charge in [0.1, 0.15) is 6.04 Å². The van der Waals surface area contributed by atoms with Crippen LogP contribution < -0.4 is 16.0 Å². The SMILES string of the molecule is O=C(C=Cc1ccccc1)N[C@@H](CC1CCCCC1)C(=O)N[C@H](Cc1ccc2ccccc2c1)C[C@@H]1CCNC1=O. The van der Waals surface area contributed by atoms with Crippen molar-refractivity contribution >= 4 is 34.6 Å². The van der Waals surface area contributed by atoms with E-state index in [4.69, 9.17) is 0 Å². The molecule has 5 rings (SSSR count). The number of nitrogens with one attached hydrogen (secondary N) is 3. The lowest BCUT2D eigenvalue weighted by Gasteiger charge is -2.28. The highest BCUT2D eigenvalue weighted by Crippen LogP contribution is 2.28. The quantitative estimate of drug-likeness (QED) is 0.273. The molecular weight excluding hydrogens is 510 g/mol. The Morgan fingerprint density at radius 3 is 2.37 bits per heavy atom. The number of benzene rings is 3. The molecule has 1 aliphatic carbocycles. The smallest absolute Gasteiger partial charge is 0.244 e.